The van der Waals surface area contributed by atoms with Gasteiger partial charge >= 0.3 is 0 Å². The average molecular weight is 535 g/mol. The summed E-state index contributed by atoms with van der Waals surface area (Å²) < 4.78 is 0.868. The molecule has 1 unspecified atom stereocenters. The molecule has 1 N–H and O–H groups in total. The van der Waals surface area contributed by atoms with Gasteiger partial charge in [0.2, 0.25) is 0 Å². The Morgan fingerprint density at radius 1 is 0.943 bits per heavy atom. The highest BCUT2D eigenvalue weighted by Crippen LogP contribution is 2.33. The lowest BCUT2D eigenvalue weighted by Crippen LogP contribution is -2.37. The number of piperidine rings is 1. The average Bonchev–Trinajstić information content (AvgIpc) is 2.93. The van der Waals surface area contributed by atoms with Crippen LogP contribution in [-0.4, -0.2) is 38.9 Å². The number of hydrogen-bond acceptors (Lipinski definition) is 6. The third kappa shape index (κ3) is 5.86. The number of nitrogens with zero attached hydrogens (tertiary/aromatic N) is 5. The number of aromatic nitrogens is 4. The second kappa shape index (κ2) is 11.2. The van der Waals surface area contributed by atoms with Crippen LogP contribution in [0.15, 0.2) is 53.7 Å². The van der Waals surface area contributed by atoms with Gasteiger partial charge in [0.05, 0.1) is 4.47 Å². The maximum Gasteiger partial charge on any atom is 0.256 e. The van der Waals surface area contributed by atoms with Crippen LogP contribution in [0.4, 0.5) is 5.82 Å². The standard InChI is InChI=1S/C27H31BrN6O/c28-23-14-30-25(31-15-23)22-7-4-12-34(17-22)26-24(16-29-18-33-26)27(35)32-13-19-8-10-21(11-9-19)20-5-2-1-3-6-20/h8-11,14-16,18,20,22H,1-7,12-13,17H2,(H,32,35). The fraction of sp³-hybridized carbons (Fsp3) is 0.444. The molecule has 1 atom stereocenters. The van der Waals surface area contributed by atoms with Crippen LogP contribution in [0.5, 0.6) is 0 Å². The summed E-state index contributed by atoms with van der Waals surface area (Å²) in [5.41, 5.74) is 3.03. The van der Waals surface area contributed by atoms with E-state index in [4.69, 9.17) is 0 Å². The summed E-state index contributed by atoms with van der Waals surface area (Å²) in [6.45, 7) is 2.04. The number of hydrogen-bond donors (Lipinski definition) is 1. The summed E-state index contributed by atoms with van der Waals surface area (Å²) in [6.07, 6.45) is 15.3. The van der Waals surface area contributed by atoms with E-state index in [-0.39, 0.29) is 11.8 Å². The van der Waals surface area contributed by atoms with Gasteiger partial charge in [-0.15, -0.1) is 0 Å². The van der Waals surface area contributed by atoms with Gasteiger partial charge in [-0.3, -0.25) is 4.79 Å². The Labute approximate surface area is 214 Å². The molecule has 3 aromatic rings. The van der Waals surface area contributed by atoms with Crippen molar-refractivity contribution in [3.05, 3.63) is 76.2 Å². The number of anilines is 1. The maximum absolute atomic E-state index is 13.1. The first-order chi connectivity index (χ1) is 17.2. The fourth-order valence-corrected chi connectivity index (χ4v) is 5.47. The minimum atomic E-state index is -0.154. The molecule has 3 heterocycles. The molecule has 1 aromatic carbocycles. The van der Waals surface area contributed by atoms with Gasteiger partial charge in [-0.1, -0.05) is 43.5 Å². The summed E-state index contributed by atoms with van der Waals surface area (Å²) in [5, 5.41) is 3.07. The molecule has 182 valence electrons. The number of carbonyl (C=O) groups is 1. The Balaban J connectivity index is 1.23. The molecule has 1 saturated carbocycles. The van der Waals surface area contributed by atoms with Crippen LogP contribution in [-0.2, 0) is 6.54 Å². The molecule has 5 rings (SSSR count). The third-order valence-corrected chi connectivity index (χ3v) is 7.58. The van der Waals surface area contributed by atoms with Gasteiger partial charge in [0.25, 0.3) is 5.91 Å². The summed E-state index contributed by atoms with van der Waals surface area (Å²) in [6, 6.07) is 8.74. The Hall–Kier alpha value is -2.87. The van der Waals surface area contributed by atoms with E-state index < -0.39 is 0 Å². The van der Waals surface area contributed by atoms with Crippen LogP contribution in [0, 0.1) is 0 Å². The topological polar surface area (TPSA) is 83.9 Å². The zero-order chi connectivity index (χ0) is 24.0. The summed E-state index contributed by atoms with van der Waals surface area (Å²) >= 11 is 3.40. The van der Waals surface area contributed by atoms with Gasteiger partial charge in [0.15, 0.2) is 0 Å². The van der Waals surface area contributed by atoms with Crippen LogP contribution in [0.25, 0.3) is 0 Å². The van der Waals surface area contributed by atoms with E-state index in [2.05, 4.69) is 70.3 Å². The number of carbonyl (C=O) groups excluding carboxylic acids is 1. The van der Waals surface area contributed by atoms with E-state index in [0.29, 0.717) is 23.8 Å². The van der Waals surface area contributed by atoms with Crippen molar-refractivity contribution in [1.29, 1.82) is 0 Å². The second-order valence-electron chi connectivity index (χ2n) is 9.56. The van der Waals surface area contributed by atoms with Crippen LogP contribution < -0.4 is 10.2 Å². The van der Waals surface area contributed by atoms with Gasteiger partial charge in [0, 0.05) is 44.1 Å². The van der Waals surface area contributed by atoms with Crippen LogP contribution in [0.2, 0.25) is 0 Å². The largest absolute Gasteiger partial charge is 0.355 e. The lowest BCUT2D eigenvalue weighted by atomic mass is 9.84. The molecule has 1 aliphatic heterocycles. The predicted octanol–water partition coefficient (Wildman–Crippen LogP) is 5.39. The SMILES string of the molecule is O=C(NCc1ccc(C2CCCCC2)cc1)c1cncnc1N1CCCC(c2ncc(Br)cn2)C1. The van der Waals surface area contributed by atoms with Gasteiger partial charge in [-0.05, 0) is 58.7 Å². The first kappa shape index (κ1) is 23.9. The van der Waals surface area contributed by atoms with E-state index in [1.165, 1.54) is 44.0 Å². The molecule has 8 heteroatoms. The third-order valence-electron chi connectivity index (χ3n) is 7.17. The highest BCUT2D eigenvalue weighted by molar-refractivity contribution is 9.10. The van der Waals surface area contributed by atoms with Crippen molar-refractivity contribution in [3.63, 3.8) is 0 Å². The lowest BCUT2D eigenvalue weighted by molar-refractivity contribution is 0.0950. The van der Waals surface area contributed by atoms with Gasteiger partial charge < -0.3 is 10.2 Å². The molecule has 35 heavy (non-hydrogen) atoms. The zero-order valence-electron chi connectivity index (χ0n) is 19.9. The molecule has 0 radical (unpaired) electrons. The highest BCUT2D eigenvalue weighted by atomic mass is 79.9. The Morgan fingerprint density at radius 2 is 1.69 bits per heavy atom. The first-order valence-electron chi connectivity index (χ1n) is 12.6. The van der Waals surface area contributed by atoms with Crippen LogP contribution in [0.1, 0.15) is 84.1 Å². The molecule has 0 spiro atoms. The number of halogens is 1. The van der Waals surface area contributed by atoms with Crippen molar-refractivity contribution in [2.75, 3.05) is 18.0 Å². The first-order valence-corrected chi connectivity index (χ1v) is 13.4. The van der Waals surface area contributed by atoms with E-state index in [0.717, 1.165) is 41.8 Å². The smallest absolute Gasteiger partial charge is 0.256 e. The zero-order valence-corrected chi connectivity index (χ0v) is 21.5. The minimum Gasteiger partial charge on any atom is -0.355 e. The van der Waals surface area contributed by atoms with Crippen molar-refractivity contribution in [2.45, 2.75) is 63.3 Å². The molecule has 2 fully saturated rings. The number of amides is 1. The Bertz CT molecular complexity index is 1130. The summed E-state index contributed by atoms with van der Waals surface area (Å²) in [4.78, 5) is 32.9. The molecular weight excluding hydrogens is 504 g/mol. The van der Waals surface area contributed by atoms with Crippen molar-refractivity contribution < 1.29 is 4.79 Å². The predicted molar refractivity (Wildman–Crippen MR) is 139 cm³/mol. The highest BCUT2D eigenvalue weighted by Gasteiger charge is 2.27. The molecule has 1 saturated heterocycles. The van der Waals surface area contributed by atoms with Crippen LogP contribution in [0.3, 0.4) is 0 Å². The quantitative estimate of drug-likeness (QED) is 0.456. The van der Waals surface area contributed by atoms with Crippen molar-refractivity contribution in [3.8, 4) is 0 Å². The molecule has 7 nitrogen and oxygen atoms in total. The van der Waals surface area contributed by atoms with Crippen molar-refractivity contribution in [1.82, 2.24) is 25.3 Å². The summed E-state index contributed by atoms with van der Waals surface area (Å²) in [5.74, 6) is 2.23. The van der Waals surface area contributed by atoms with Crippen molar-refractivity contribution >= 4 is 27.7 Å². The normalized spacial score (nSPS) is 18.9. The Kier molecular flexibility index (Phi) is 7.66. The minimum absolute atomic E-state index is 0.154. The molecule has 2 aromatic heterocycles. The van der Waals surface area contributed by atoms with E-state index in [1.807, 2.05) is 0 Å². The lowest BCUT2D eigenvalue weighted by Gasteiger charge is -2.33. The van der Waals surface area contributed by atoms with Gasteiger partial charge in [-0.25, -0.2) is 19.9 Å². The number of rotatable bonds is 6. The van der Waals surface area contributed by atoms with Crippen LogP contribution >= 0.6 is 15.9 Å². The molecule has 0 bridgehead atoms. The monoisotopic (exact) mass is 534 g/mol. The summed E-state index contributed by atoms with van der Waals surface area (Å²) in [7, 11) is 0. The van der Waals surface area contributed by atoms with E-state index >= 15 is 0 Å². The van der Waals surface area contributed by atoms with Crippen molar-refractivity contribution in [2.24, 2.45) is 0 Å². The molecule has 2 aliphatic rings. The maximum atomic E-state index is 13.1. The Morgan fingerprint density at radius 3 is 2.46 bits per heavy atom. The molecule has 1 amide bonds. The molecular formula is C27H31BrN6O. The van der Waals surface area contributed by atoms with E-state index in [1.54, 1.807) is 18.6 Å². The molecule has 1 aliphatic carbocycles. The van der Waals surface area contributed by atoms with Gasteiger partial charge in [0.1, 0.15) is 23.5 Å². The van der Waals surface area contributed by atoms with E-state index in [9.17, 15) is 4.79 Å². The number of benzene rings is 1. The van der Waals surface area contributed by atoms with Gasteiger partial charge in [-0.2, -0.15) is 0 Å². The fourth-order valence-electron chi connectivity index (χ4n) is 5.27. The number of nitrogens with one attached hydrogen (secondary N) is 1. The second-order valence-corrected chi connectivity index (χ2v) is 10.5.